The van der Waals surface area contributed by atoms with E-state index in [0.29, 0.717) is 23.9 Å². The lowest BCUT2D eigenvalue weighted by Crippen LogP contribution is -2.59. The summed E-state index contributed by atoms with van der Waals surface area (Å²) in [7, 11) is 0. The van der Waals surface area contributed by atoms with Crippen LogP contribution in [0, 0.1) is 33.6 Å². The number of β-amino-alcohol motifs (C(OH)–C–C–N with tert-alkyl or cyclic N) is 1. The summed E-state index contributed by atoms with van der Waals surface area (Å²) < 4.78 is 3.73. The highest BCUT2D eigenvalue weighted by molar-refractivity contribution is 7.15. The largest absolute Gasteiger partial charge is 0.391 e. The first kappa shape index (κ1) is 48.1. The number of nitrogens with one attached hydrogen (secondary N) is 2. The van der Waals surface area contributed by atoms with Gasteiger partial charge in [-0.05, 0) is 87.1 Å². The average molecular weight is 1010 g/mol. The number of likely N-dealkylation sites (tertiary alicyclic amines) is 1. The van der Waals surface area contributed by atoms with Gasteiger partial charge in [-0.15, -0.1) is 32.9 Å². The number of thiazole rings is 1. The van der Waals surface area contributed by atoms with Gasteiger partial charge in [0.15, 0.2) is 5.82 Å². The Bertz CT molecular complexity index is 3170. The fraction of sp³-hybridized carbons (Fsp3) is 0.358. The van der Waals surface area contributed by atoms with Crippen molar-refractivity contribution in [1.29, 1.82) is 0 Å². The molecule has 0 saturated carbocycles. The molecule has 15 nitrogen and oxygen atoms in total. The summed E-state index contributed by atoms with van der Waals surface area (Å²) in [5.41, 5.74) is 11.4. The van der Waals surface area contributed by atoms with Gasteiger partial charge in [0.2, 0.25) is 17.7 Å². The van der Waals surface area contributed by atoms with Crippen molar-refractivity contribution in [3.63, 3.8) is 0 Å². The summed E-state index contributed by atoms with van der Waals surface area (Å²) in [6, 6.07) is 21.4. The third kappa shape index (κ3) is 9.43. The van der Waals surface area contributed by atoms with E-state index in [2.05, 4.69) is 55.2 Å². The maximum Gasteiger partial charge on any atom is 0.248 e. The lowest BCUT2D eigenvalue weighted by atomic mass is 9.99. The van der Waals surface area contributed by atoms with Crippen LogP contribution < -0.4 is 15.5 Å². The fourth-order valence-corrected chi connectivity index (χ4v) is 12.1. The molecule has 366 valence electrons. The molecule has 3 aliphatic rings. The van der Waals surface area contributed by atoms with Gasteiger partial charge in [-0.1, -0.05) is 74.0 Å². The topological polar surface area (TPSA) is 176 Å². The first-order valence-electron chi connectivity index (χ1n) is 24.0. The Morgan fingerprint density at radius 1 is 0.901 bits per heavy atom. The lowest BCUT2D eigenvalue weighted by molar-refractivity contribution is -0.142. The number of hydrogen-bond acceptors (Lipinski definition) is 12. The predicted octanol–water partition coefficient (Wildman–Crippen LogP) is 8.53. The molecule has 4 aromatic heterocycles. The third-order valence-corrected chi connectivity index (χ3v) is 16.4. The number of hydrogen-bond donors (Lipinski definition) is 3. The van der Waals surface area contributed by atoms with Gasteiger partial charge in [-0.25, -0.2) is 4.98 Å². The zero-order valence-electron chi connectivity index (χ0n) is 40.6. The molecule has 71 heavy (non-hydrogen) atoms. The molecule has 0 aliphatic carbocycles. The molecule has 2 saturated heterocycles. The highest BCUT2D eigenvalue weighted by atomic mass is 35.5. The SMILES string of the molecule is Cc1ncsc1-c1ccc([C@H](C)NC(=O)[C@@H]2C[C@@H](O)CN2C(=O)[C@@H](C(C)C)n2cc(-c3cccc(N4CC(NC(=O)C[C@@H]5N=C(c6ccc(Cl)cc6)c6c(sc(C)c6C)-n6c(C)nnc65)C4)c3)cn2)cc1. The number of rotatable bonds is 13. The summed E-state index contributed by atoms with van der Waals surface area (Å²) in [5.74, 6) is 0.518. The zero-order chi connectivity index (χ0) is 49.8. The number of fused-ring (bicyclic) bond motifs is 3. The van der Waals surface area contributed by atoms with Gasteiger partial charge in [-0.2, -0.15) is 5.10 Å². The number of carbonyl (C=O) groups is 3. The number of benzene rings is 3. The van der Waals surface area contributed by atoms with Crippen LogP contribution in [0.25, 0.3) is 26.6 Å². The highest BCUT2D eigenvalue weighted by Crippen LogP contribution is 2.40. The summed E-state index contributed by atoms with van der Waals surface area (Å²) in [6.07, 6.45) is 3.06. The van der Waals surface area contributed by atoms with Crippen LogP contribution in [-0.4, -0.2) is 101 Å². The molecule has 10 rings (SSSR count). The number of amides is 3. The van der Waals surface area contributed by atoms with Crippen LogP contribution in [0.5, 0.6) is 0 Å². The van der Waals surface area contributed by atoms with Gasteiger partial charge in [0.1, 0.15) is 29.0 Å². The monoisotopic (exact) mass is 1010 g/mol. The summed E-state index contributed by atoms with van der Waals surface area (Å²) in [4.78, 5) is 57.8. The van der Waals surface area contributed by atoms with Gasteiger partial charge in [0, 0.05) is 64.5 Å². The minimum Gasteiger partial charge on any atom is -0.391 e. The number of anilines is 1. The number of aliphatic imine (C=N–C) groups is 1. The molecule has 7 aromatic rings. The molecule has 18 heteroatoms. The second kappa shape index (κ2) is 19.6. The highest BCUT2D eigenvalue weighted by Gasteiger charge is 2.43. The molecule has 5 atom stereocenters. The number of aliphatic hydroxyl groups excluding tert-OH is 1. The van der Waals surface area contributed by atoms with E-state index in [-0.39, 0.29) is 55.1 Å². The standard InChI is InChI=1S/C53H56ClN11O4S2/c1-28(2)48(52(69)63-26-42(66)20-44(63)51(68)57-30(4)34-11-13-36(14-12-34)49-31(5)55-27-70-49)64-23-38(22-56-64)37-9-8-10-41(19-37)62-24-40(25-62)58-45(67)21-43-50-61-60-33(7)65(50)53-46(29(3)32(6)71-53)47(59-43)35-15-17-39(54)18-16-35/h8-19,22-23,27-28,30,40,42-44,48,66H,20-21,24-26H2,1-7H3,(H,57,68)(H,58,67)/t30-,42+,43-,44-,48+/m0/s1. The Morgan fingerprint density at radius 3 is 2.37 bits per heavy atom. The quantitative estimate of drug-likeness (QED) is 0.102. The third-order valence-electron chi connectivity index (χ3n) is 13.9. The van der Waals surface area contributed by atoms with Gasteiger partial charge in [0.05, 0.1) is 52.6 Å². The van der Waals surface area contributed by atoms with E-state index < -0.39 is 24.2 Å². The number of aliphatic hydroxyl groups is 1. The van der Waals surface area contributed by atoms with E-state index >= 15 is 0 Å². The zero-order valence-corrected chi connectivity index (χ0v) is 43.0. The van der Waals surface area contributed by atoms with E-state index in [1.807, 2.05) is 113 Å². The molecule has 7 heterocycles. The fourth-order valence-electron chi connectivity index (χ4n) is 9.97. The Labute approximate surface area is 425 Å². The van der Waals surface area contributed by atoms with E-state index in [1.165, 1.54) is 9.78 Å². The number of aryl methyl sites for hydroxylation is 3. The number of aromatic nitrogens is 6. The van der Waals surface area contributed by atoms with Crippen molar-refractivity contribution in [3.8, 4) is 26.6 Å². The smallest absolute Gasteiger partial charge is 0.248 e. The minimum absolute atomic E-state index is 0.0584. The van der Waals surface area contributed by atoms with Gasteiger partial charge >= 0.3 is 0 Å². The van der Waals surface area contributed by atoms with Crippen LogP contribution in [0.2, 0.25) is 5.02 Å². The van der Waals surface area contributed by atoms with Crippen LogP contribution in [0.3, 0.4) is 0 Å². The molecule has 2 fully saturated rings. The molecule has 0 radical (unpaired) electrons. The van der Waals surface area contributed by atoms with Crippen LogP contribution in [-0.2, 0) is 14.4 Å². The van der Waals surface area contributed by atoms with Crippen molar-refractivity contribution in [2.75, 3.05) is 24.5 Å². The van der Waals surface area contributed by atoms with Crippen LogP contribution in [0.1, 0.15) is 96.2 Å². The number of halogens is 1. The first-order valence-corrected chi connectivity index (χ1v) is 26.0. The Hall–Kier alpha value is -6.53. The molecule has 3 aromatic carbocycles. The molecule has 0 bridgehead atoms. The van der Waals surface area contributed by atoms with Crippen LogP contribution in [0.15, 0.2) is 95.7 Å². The van der Waals surface area contributed by atoms with Crippen molar-refractivity contribution in [2.24, 2.45) is 10.9 Å². The average Bonchev–Trinajstić information content (AvgIpc) is 4.18. The van der Waals surface area contributed by atoms with Gasteiger partial charge in [0.25, 0.3) is 0 Å². The molecule has 3 aliphatic heterocycles. The summed E-state index contributed by atoms with van der Waals surface area (Å²) in [6.45, 7) is 15.3. The molecular weight excluding hydrogens is 954 g/mol. The normalized spacial score (nSPS) is 18.6. The molecule has 0 spiro atoms. The Kier molecular flexibility index (Phi) is 13.3. The number of nitrogens with zero attached hydrogens (tertiary/aromatic N) is 9. The van der Waals surface area contributed by atoms with Crippen molar-refractivity contribution < 1.29 is 19.5 Å². The van der Waals surface area contributed by atoms with Crippen LogP contribution >= 0.6 is 34.3 Å². The maximum absolute atomic E-state index is 14.5. The first-order chi connectivity index (χ1) is 34.1. The predicted molar refractivity (Wildman–Crippen MR) is 279 cm³/mol. The molecular formula is C53H56ClN11O4S2. The van der Waals surface area contributed by atoms with Gasteiger partial charge in [-0.3, -0.25) is 28.6 Å². The van der Waals surface area contributed by atoms with Crippen molar-refractivity contribution in [1.82, 2.24) is 45.1 Å². The van der Waals surface area contributed by atoms with Crippen LogP contribution in [0.4, 0.5) is 5.69 Å². The summed E-state index contributed by atoms with van der Waals surface area (Å²) >= 11 is 9.56. The van der Waals surface area contributed by atoms with Crippen molar-refractivity contribution in [2.45, 2.75) is 97.6 Å². The Morgan fingerprint density at radius 2 is 1.65 bits per heavy atom. The number of carbonyl (C=O) groups excluding carboxylic acids is 3. The maximum atomic E-state index is 14.5. The van der Waals surface area contributed by atoms with E-state index in [9.17, 15) is 19.5 Å². The van der Waals surface area contributed by atoms with Gasteiger partial charge < -0.3 is 25.5 Å². The Balaban J connectivity index is 0.784. The lowest BCUT2D eigenvalue weighted by Gasteiger charge is -2.41. The molecule has 3 amide bonds. The van der Waals surface area contributed by atoms with E-state index in [4.69, 9.17) is 21.7 Å². The molecule has 3 N–H and O–H groups in total. The molecule has 0 unspecified atom stereocenters. The van der Waals surface area contributed by atoms with E-state index in [1.54, 1.807) is 33.6 Å². The second-order valence-electron chi connectivity index (χ2n) is 19.2. The summed E-state index contributed by atoms with van der Waals surface area (Å²) in [5, 5.41) is 32.5. The second-order valence-corrected chi connectivity index (χ2v) is 21.7. The van der Waals surface area contributed by atoms with E-state index in [0.717, 1.165) is 71.7 Å². The van der Waals surface area contributed by atoms with Crippen molar-refractivity contribution in [3.05, 3.63) is 140 Å². The number of thiophene rings is 1. The minimum atomic E-state index is -0.829. The van der Waals surface area contributed by atoms with Crippen molar-refractivity contribution >= 4 is 63.4 Å².